The van der Waals surface area contributed by atoms with Crippen molar-refractivity contribution in [3.05, 3.63) is 69.9 Å². The molecule has 1 aromatic heterocycles. The van der Waals surface area contributed by atoms with E-state index in [4.69, 9.17) is 4.74 Å². The maximum absolute atomic E-state index is 5.97. The smallest absolute Gasteiger partial charge is 0.159 e. The van der Waals surface area contributed by atoms with Gasteiger partial charge in [0.05, 0.1) is 3.57 Å². The van der Waals surface area contributed by atoms with Gasteiger partial charge in [-0.3, -0.25) is 4.98 Å². The summed E-state index contributed by atoms with van der Waals surface area (Å²) in [7, 11) is 0. The van der Waals surface area contributed by atoms with Crippen LogP contribution in [0.3, 0.4) is 0 Å². The molecule has 0 amide bonds. The molecule has 0 atom stereocenters. The first-order valence-corrected chi connectivity index (χ1v) is 7.12. The second kappa shape index (κ2) is 5.57. The average Bonchev–Trinajstić information content (AvgIpc) is 2.47. The van der Waals surface area contributed by atoms with Crippen molar-refractivity contribution in [3.63, 3.8) is 0 Å². The zero-order valence-corrected chi connectivity index (χ0v) is 12.4. The molecule has 0 N–H and O–H groups in total. The Bertz CT molecular complexity index is 697. The number of fused-ring (bicyclic) bond motifs is 1. The van der Waals surface area contributed by atoms with Crippen LogP contribution >= 0.6 is 22.6 Å². The first kappa shape index (κ1) is 12.4. The molecule has 94 valence electrons. The van der Waals surface area contributed by atoms with Crippen LogP contribution in [-0.2, 0) is 6.61 Å². The van der Waals surface area contributed by atoms with Gasteiger partial charge in [-0.1, -0.05) is 42.5 Å². The Morgan fingerprint density at radius 3 is 2.63 bits per heavy atom. The monoisotopic (exact) mass is 361 g/mol. The Hall–Kier alpha value is -1.62. The lowest BCUT2D eigenvalue weighted by Gasteiger charge is -2.10. The van der Waals surface area contributed by atoms with E-state index < -0.39 is 0 Å². The third kappa shape index (κ3) is 2.71. The Morgan fingerprint density at radius 1 is 0.947 bits per heavy atom. The normalized spacial score (nSPS) is 10.6. The van der Waals surface area contributed by atoms with Crippen molar-refractivity contribution in [1.82, 2.24) is 4.98 Å². The van der Waals surface area contributed by atoms with Crippen LogP contribution in [-0.4, -0.2) is 4.98 Å². The summed E-state index contributed by atoms with van der Waals surface area (Å²) in [4.78, 5) is 4.42. The number of halogens is 1. The van der Waals surface area contributed by atoms with Gasteiger partial charge in [-0.25, -0.2) is 0 Å². The maximum Gasteiger partial charge on any atom is 0.159 e. The van der Waals surface area contributed by atoms with Crippen molar-refractivity contribution in [2.75, 3.05) is 0 Å². The topological polar surface area (TPSA) is 22.1 Å². The Morgan fingerprint density at radius 2 is 1.79 bits per heavy atom. The number of ether oxygens (including phenoxy) is 1. The highest BCUT2D eigenvalue weighted by molar-refractivity contribution is 14.1. The molecule has 0 radical (unpaired) electrons. The Kier molecular flexibility index (Phi) is 3.64. The summed E-state index contributed by atoms with van der Waals surface area (Å²) in [6.45, 7) is 0.562. The SMILES string of the molecule is Ic1ccc2cccnc2c1OCc1ccccc1. The molecule has 0 saturated heterocycles. The molecule has 3 rings (SSSR count). The molecule has 19 heavy (non-hydrogen) atoms. The van der Waals surface area contributed by atoms with Gasteiger partial charge in [-0.15, -0.1) is 0 Å². The van der Waals surface area contributed by atoms with Gasteiger partial charge in [0.2, 0.25) is 0 Å². The number of rotatable bonds is 3. The molecular formula is C16H12INO. The van der Waals surface area contributed by atoms with Gasteiger partial charge < -0.3 is 4.74 Å². The highest BCUT2D eigenvalue weighted by atomic mass is 127. The van der Waals surface area contributed by atoms with Crippen molar-refractivity contribution in [3.8, 4) is 5.75 Å². The van der Waals surface area contributed by atoms with Crippen molar-refractivity contribution in [1.29, 1.82) is 0 Å². The van der Waals surface area contributed by atoms with E-state index in [1.54, 1.807) is 6.20 Å². The molecule has 0 fully saturated rings. The molecule has 3 aromatic rings. The molecule has 2 nitrogen and oxygen atoms in total. The fourth-order valence-corrected chi connectivity index (χ4v) is 2.55. The van der Waals surface area contributed by atoms with Crippen molar-refractivity contribution < 1.29 is 4.74 Å². The van der Waals surface area contributed by atoms with E-state index in [1.165, 1.54) is 0 Å². The molecular weight excluding hydrogens is 349 g/mol. The molecule has 1 heterocycles. The van der Waals surface area contributed by atoms with Crippen LogP contribution in [0, 0.1) is 3.57 Å². The summed E-state index contributed by atoms with van der Waals surface area (Å²) in [6.07, 6.45) is 1.80. The Labute approximate surface area is 125 Å². The summed E-state index contributed by atoms with van der Waals surface area (Å²) in [6, 6.07) is 18.3. The zero-order valence-electron chi connectivity index (χ0n) is 10.2. The highest BCUT2D eigenvalue weighted by Crippen LogP contribution is 2.29. The van der Waals surface area contributed by atoms with Gasteiger partial charge in [0.25, 0.3) is 0 Å². The van der Waals surface area contributed by atoms with Crippen LogP contribution in [0.25, 0.3) is 10.9 Å². The molecule has 0 aliphatic heterocycles. The number of benzene rings is 2. The minimum atomic E-state index is 0.562. The van der Waals surface area contributed by atoms with E-state index >= 15 is 0 Å². The molecule has 0 bridgehead atoms. The molecule has 3 heteroatoms. The number of hydrogen-bond acceptors (Lipinski definition) is 2. The van der Waals surface area contributed by atoms with E-state index in [0.29, 0.717) is 6.61 Å². The molecule has 0 aliphatic rings. The van der Waals surface area contributed by atoms with Crippen LogP contribution in [0.4, 0.5) is 0 Å². The number of pyridine rings is 1. The lowest BCUT2D eigenvalue weighted by atomic mass is 10.2. The van der Waals surface area contributed by atoms with Crippen LogP contribution in [0.5, 0.6) is 5.75 Å². The standard InChI is InChI=1S/C16H12INO/c17-14-9-8-13-7-4-10-18-15(13)16(14)19-11-12-5-2-1-3-6-12/h1-10H,11H2. The first-order chi connectivity index (χ1) is 9.34. The van der Waals surface area contributed by atoms with Gasteiger partial charge in [0.1, 0.15) is 12.1 Å². The van der Waals surface area contributed by atoms with E-state index in [1.807, 2.05) is 30.3 Å². The number of nitrogens with zero attached hydrogens (tertiary/aromatic N) is 1. The third-order valence-electron chi connectivity index (χ3n) is 2.91. The Balaban J connectivity index is 1.94. The molecule has 0 unspecified atom stereocenters. The van der Waals surface area contributed by atoms with Crippen LogP contribution < -0.4 is 4.74 Å². The lowest BCUT2D eigenvalue weighted by molar-refractivity contribution is 0.307. The lowest BCUT2D eigenvalue weighted by Crippen LogP contribution is -1.98. The fourth-order valence-electron chi connectivity index (χ4n) is 1.96. The predicted molar refractivity (Wildman–Crippen MR) is 85.2 cm³/mol. The second-order valence-electron chi connectivity index (χ2n) is 4.23. The van der Waals surface area contributed by atoms with Crippen molar-refractivity contribution in [2.24, 2.45) is 0 Å². The van der Waals surface area contributed by atoms with Crippen molar-refractivity contribution in [2.45, 2.75) is 6.61 Å². The fraction of sp³-hybridized carbons (Fsp3) is 0.0625. The quantitative estimate of drug-likeness (QED) is 0.645. The van der Waals surface area contributed by atoms with E-state index in [0.717, 1.165) is 25.8 Å². The summed E-state index contributed by atoms with van der Waals surface area (Å²) in [5, 5.41) is 1.10. The first-order valence-electron chi connectivity index (χ1n) is 6.04. The molecule has 0 aliphatic carbocycles. The van der Waals surface area contributed by atoms with Gasteiger partial charge in [0, 0.05) is 11.6 Å². The second-order valence-corrected chi connectivity index (χ2v) is 5.39. The summed E-state index contributed by atoms with van der Waals surface area (Å²) in [5.74, 6) is 0.863. The van der Waals surface area contributed by atoms with Crippen LogP contribution in [0.2, 0.25) is 0 Å². The maximum atomic E-state index is 5.97. The number of hydrogen-bond donors (Lipinski definition) is 0. The number of aromatic nitrogens is 1. The van der Waals surface area contributed by atoms with E-state index in [9.17, 15) is 0 Å². The van der Waals surface area contributed by atoms with Gasteiger partial charge >= 0.3 is 0 Å². The van der Waals surface area contributed by atoms with Crippen molar-refractivity contribution >= 4 is 33.5 Å². The summed E-state index contributed by atoms with van der Waals surface area (Å²) < 4.78 is 7.05. The zero-order chi connectivity index (χ0) is 13.1. The third-order valence-corrected chi connectivity index (χ3v) is 3.76. The molecule has 0 saturated carbocycles. The van der Waals surface area contributed by atoms with Gasteiger partial charge in [-0.05, 0) is 40.3 Å². The largest absolute Gasteiger partial charge is 0.485 e. The molecule has 0 spiro atoms. The van der Waals surface area contributed by atoms with Crippen LogP contribution in [0.15, 0.2) is 60.8 Å². The highest BCUT2D eigenvalue weighted by Gasteiger charge is 2.08. The minimum absolute atomic E-state index is 0.562. The molecule has 2 aromatic carbocycles. The van der Waals surface area contributed by atoms with Gasteiger partial charge in [-0.2, -0.15) is 0 Å². The minimum Gasteiger partial charge on any atom is -0.485 e. The predicted octanol–water partition coefficient (Wildman–Crippen LogP) is 4.42. The van der Waals surface area contributed by atoms with E-state index in [2.05, 4.69) is 51.8 Å². The summed E-state index contributed by atoms with van der Waals surface area (Å²) >= 11 is 2.29. The summed E-state index contributed by atoms with van der Waals surface area (Å²) in [5.41, 5.74) is 2.08. The van der Waals surface area contributed by atoms with Gasteiger partial charge in [0.15, 0.2) is 5.75 Å². The average molecular weight is 361 g/mol. The van der Waals surface area contributed by atoms with E-state index in [-0.39, 0.29) is 0 Å². The van der Waals surface area contributed by atoms with Crippen LogP contribution in [0.1, 0.15) is 5.56 Å².